The first-order valence-corrected chi connectivity index (χ1v) is 10.0. The lowest BCUT2D eigenvalue weighted by molar-refractivity contribution is -0.151. The van der Waals surface area contributed by atoms with Crippen molar-refractivity contribution in [1.29, 1.82) is 0 Å². The van der Waals surface area contributed by atoms with Crippen LogP contribution < -0.4 is 4.74 Å². The number of nitrogens with zero attached hydrogens (tertiary/aromatic N) is 1. The van der Waals surface area contributed by atoms with Gasteiger partial charge in [0, 0.05) is 0 Å². The number of hydrogen-bond acceptors (Lipinski definition) is 7. The average Bonchev–Trinajstić information content (AvgIpc) is 2.98. The fourth-order valence-electron chi connectivity index (χ4n) is 2.88. The first kappa shape index (κ1) is 20.9. The monoisotopic (exact) mass is 429 g/mol. The number of aromatic hydroxyl groups is 1. The minimum absolute atomic E-state index is 0.00338. The second kappa shape index (κ2) is 9.11. The lowest BCUT2D eigenvalue weighted by Gasteiger charge is -2.25. The number of ether oxygens (including phenoxy) is 2. The molecule has 0 spiro atoms. The van der Waals surface area contributed by atoms with E-state index >= 15 is 0 Å². The van der Waals surface area contributed by atoms with Gasteiger partial charge < -0.3 is 14.6 Å². The zero-order chi connectivity index (χ0) is 21.0. The van der Waals surface area contributed by atoms with Crippen LogP contribution in [-0.2, 0) is 14.3 Å². The quantitative estimate of drug-likeness (QED) is 0.424. The SMILES string of the molecule is CCOC(=O)C(c1ccccc1)N1C(=O)/C(=C/c2ccc(O)c(OC)c2)SC1=S. The topological polar surface area (TPSA) is 76.1 Å². The van der Waals surface area contributed by atoms with Crippen LogP contribution in [0.2, 0.25) is 0 Å². The first-order chi connectivity index (χ1) is 14.0. The number of rotatable bonds is 6. The van der Waals surface area contributed by atoms with Gasteiger partial charge in [0.05, 0.1) is 18.6 Å². The van der Waals surface area contributed by atoms with Gasteiger partial charge >= 0.3 is 5.97 Å². The van der Waals surface area contributed by atoms with Crippen molar-refractivity contribution < 1.29 is 24.2 Å². The number of phenolic OH excluding ortho intramolecular Hbond substituents is 1. The van der Waals surface area contributed by atoms with Crippen LogP contribution in [0, 0.1) is 0 Å². The van der Waals surface area contributed by atoms with Gasteiger partial charge in [0.15, 0.2) is 17.5 Å². The molecular weight excluding hydrogens is 410 g/mol. The van der Waals surface area contributed by atoms with Gasteiger partial charge in [0.25, 0.3) is 5.91 Å². The van der Waals surface area contributed by atoms with Crippen molar-refractivity contribution in [3.63, 3.8) is 0 Å². The molecule has 1 N–H and O–H groups in total. The van der Waals surface area contributed by atoms with Crippen molar-refractivity contribution in [3.8, 4) is 11.5 Å². The van der Waals surface area contributed by atoms with Gasteiger partial charge in [-0.25, -0.2) is 4.79 Å². The van der Waals surface area contributed by atoms with Crippen molar-refractivity contribution in [2.24, 2.45) is 0 Å². The highest BCUT2D eigenvalue weighted by atomic mass is 32.2. The van der Waals surface area contributed by atoms with Gasteiger partial charge in [-0.15, -0.1) is 0 Å². The number of carbonyl (C=O) groups excluding carboxylic acids is 2. The first-order valence-electron chi connectivity index (χ1n) is 8.82. The van der Waals surface area contributed by atoms with E-state index in [0.29, 0.717) is 21.8 Å². The summed E-state index contributed by atoms with van der Waals surface area (Å²) in [6, 6.07) is 12.7. The van der Waals surface area contributed by atoms with Crippen molar-refractivity contribution in [2.45, 2.75) is 13.0 Å². The number of amides is 1. The van der Waals surface area contributed by atoms with Crippen LogP contribution in [0.15, 0.2) is 53.4 Å². The summed E-state index contributed by atoms with van der Waals surface area (Å²) in [5.41, 5.74) is 1.28. The Morgan fingerprint density at radius 3 is 2.66 bits per heavy atom. The molecule has 2 aromatic rings. The molecule has 0 bridgehead atoms. The summed E-state index contributed by atoms with van der Waals surface area (Å²) in [5.74, 6) is -0.622. The number of phenols is 1. The maximum absolute atomic E-state index is 13.1. The number of hydrogen-bond donors (Lipinski definition) is 1. The summed E-state index contributed by atoms with van der Waals surface area (Å²) in [6.45, 7) is 1.91. The lowest BCUT2D eigenvalue weighted by Crippen LogP contribution is -2.38. The molecule has 1 aliphatic heterocycles. The summed E-state index contributed by atoms with van der Waals surface area (Å²) in [7, 11) is 1.45. The van der Waals surface area contributed by atoms with Crippen LogP contribution in [0.25, 0.3) is 6.08 Å². The van der Waals surface area contributed by atoms with Crippen molar-refractivity contribution in [2.75, 3.05) is 13.7 Å². The molecule has 6 nitrogen and oxygen atoms in total. The Kier molecular flexibility index (Phi) is 6.56. The Labute approximate surface area is 178 Å². The number of thioether (sulfide) groups is 1. The molecule has 0 saturated carbocycles. The van der Waals surface area contributed by atoms with E-state index in [2.05, 4.69) is 0 Å². The number of carbonyl (C=O) groups is 2. The van der Waals surface area contributed by atoms with E-state index in [9.17, 15) is 14.7 Å². The maximum atomic E-state index is 13.1. The number of esters is 1. The van der Waals surface area contributed by atoms with Crippen molar-refractivity contribution in [1.82, 2.24) is 4.90 Å². The predicted octanol–water partition coefficient (Wildman–Crippen LogP) is 3.91. The third-order valence-electron chi connectivity index (χ3n) is 4.21. The molecular formula is C21H19NO5S2. The van der Waals surface area contributed by atoms with Crippen LogP contribution in [0.5, 0.6) is 11.5 Å². The van der Waals surface area contributed by atoms with Crippen LogP contribution in [-0.4, -0.2) is 39.9 Å². The summed E-state index contributed by atoms with van der Waals surface area (Å²) in [4.78, 5) is 27.4. The zero-order valence-corrected chi connectivity index (χ0v) is 17.5. The molecule has 1 saturated heterocycles. The van der Waals surface area contributed by atoms with E-state index in [0.717, 1.165) is 11.8 Å². The molecule has 0 aromatic heterocycles. The van der Waals surface area contributed by atoms with E-state index in [1.165, 1.54) is 18.1 Å². The number of thiocarbonyl (C=S) groups is 1. The fraction of sp³-hybridized carbons (Fsp3) is 0.190. The molecule has 8 heteroatoms. The zero-order valence-electron chi connectivity index (χ0n) is 15.8. The van der Waals surface area contributed by atoms with Crippen LogP contribution in [0.4, 0.5) is 0 Å². The van der Waals surface area contributed by atoms with Gasteiger partial charge in [-0.3, -0.25) is 9.69 Å². The molecule has 1 unspecified atom stereocenters. The molecule has 0 radical (unpaired) electrons. The predicted molar refractivity (Wildman–Crippen MR) is 115 cm³/mol. The minimum Gasteiger partial charge on any atom is -0.504 e. The molecule has 1 atom stereocenters. The molecule has 1 heterocycles. The molecule has 150 valence electrons. The fourth-order valence-corrected chi connectivity index (χ4v) is 4.20. The molecule has 29 heavy (non-hydrogen) atoms. The smallest absolute Gasteiger partial charge is 0.333 e. The van der Waals surface area contributed by atoms with Crippen LogP contribution in [0.1, 0.15) is 24.1 Å². The summed E-state index contributed by atoms with van der Waals surface area (Å²) in [5, 5.41) is 9.74. The Hall–Kier alpha value is -2.84. The summed E-state index contributed by atoms with van der Waals surface area (Å²) >= 11 is 6.53. The van der Waals surface area contributed by atoms with E-state index in [1.807, 2.05) is 6.07 Å². The van der Waals surface area contributed by atoms with Gasteiger partial charge in [-0.2, -0.15) is 0 Å². The molecule has 0 aliphatic carbocycles. The van der Waals surface area contributed by atoms with E-state index in [4.69, 9.17) is 21.7 Å². The highest BCUT2D eigenvalue weighted by Crippen LogP contribution is 2.39. The number of benzene rings is 2. The Balaban J connectivity index is 1.97. The minimum atomic E-state index is -0.955. The second-order valence-electron chi connectivity index (χ2n) is 6.05. The second-order valence-corrected chi connectivity index (χ2v) is 7.72. The lowest BCUT2D eigenvalue weighted by atomic mass is 10.1. The van der Waals surface area contributed by atoms with Gasteiger partial charge in [0.1, 0.15) is 4.32 Å². The Morgan fingerprint density at radius 2 is 2.00 bits per heavy atom. The highest BCUT2D eigenvalue weighted by molar-refractivity contribution is 8.26. The van der Waals surface area contributed by atoms with Gasteiger partial charge in [-0.1, -0.05) is 60.4 Å². The van der Waals surface area contributed by atoms with E-state index in [-0.39, 0.29) is 22.6 Å². The standard InChI is InChI=1S/C21H19NO5S2/c1-3-27-20(25)18(14-7-5-4-6-8-14)22-19(24)17(29-21(22)28)12-13-9-10-15(23)16(11-13)26-2/h4-12,18,23H,3H2,1-2H3/b17-12-. The molecule has 1 amide bonds. The number of methoxy groups -OCH3 is 1. The van der Waals surface area contributed by atoms with E-state index < -0.39 is 12.0 Å². The van der Waals surface area contributed by atoms with Crippen molar-refractivity contribution >= 4 is 46.3 Å². The van der Waals surface area contributed by atoms with E-state index in [1.54, 1.807) is 49.4 Å². The average molecular weight is 430 g/mol. The molecule has 1 fully saturated rings. The normalized spacial score (nSPS) is 16.2. The van der Waals surface area contributed by atoms with Gasteiger partial charge in [0.2, 0.25) is 0 Å². The maximum Gasteiger partial charge on any atom is 0.333 e. The summed E-state index contributed by atoms with van der Waals surface area (Å²) in [6.07, 6.45) is 1.65. The molecule has 1 aliphatic rings. The Morgan fingerprint density at radius 1 is 1.28 bits per heavy atom. The molecule has 2 aromatic carbocycles. The third kappa shape index (κ3) is 4.44. The largest absolute Gasteiger partial charge is 0.504 e. The van der Waals surface area contributed by atoms with Crippen LogP contribution >= 0.6 is 24.0 Å². The third-order valence-corrected chi connectivity index (χ3v) is 5.54. The van der Waals surface area contributed by atoms with Gasteiger partial charge in [-0.05, 0) is 36.3 Å². The highest BCUT2D eigenvalue weighted by Gasteiger charge is 2.42. The van der Waals surface area contributed by atoms with Crippen LogP contribution in [0.3, 0.4) is 0 Å². The molecule has 3 rings (SSSR count). The van der Waals surface area contributed by atoms with Crippen molar-refractivity contribution in [3.05, 3.63) is 64.6 Å². The Bertz CT molecular complexity index is 974. The summed E-state index contributed by atoms with van der Waals surface area (Å²) < 4.78 is 10.6.